The largest absolute Gasteiger partial charge is 0.396 e. The van der Waals surface area contributed by atoms with Crippen LogP contribution in [-0.2, 0) is 9.59 Å². The molecule has 0 fully saturated rings. The minimum absolute atomic E-state index is 0.179. The van der Waals surface area contributed by atoms with Gasteiger partial charge < -0.3 is 5.53 Å². The summed E-state index contributed by atoms with van der Waals surface area (Å²) in [4.78, 5) is 22.8. The Hall–Kier alpha value is -1.28. The third-order valence-electron chi connectivity index (χ3n) is 0.826. The standard InChI is InChI=1S/C5H6N2O2/c1-2-5(9)4(3-8)7-6/h3H,2H2,1H3. The molecule has 0 N–H and O–H groups in total. The number of hydrogen-bond acceptors (Lipinski definition) is 2. The summed E-state index contributed by atoms with van der Waals surface area (Å²) >= 11 is 0. The summed E-state index contributed by atoms with van der Waals surface area (Å²) < 4.78 is 0. The molecule has 0 heterocycles. The fourth-order valence-corrected chi connectivity index (χ4v) is 0.326. The number of nitrogens with zero attached hydrogens (tertiary/aromatic N) is 2. The van der Waals surface area contributed by atoms with Crippen LogP contribution in [0.4, 0.5) is 0 Å². The fraction of sp³-hybridized carbons (Fsp3) is 0.400. The second-order valence-corrected chi connectivity index (χ2v) is 1.38. The van der Waals surface area contributed by atoms with Crippen LogP contribution in [0.15, 0.2) is 0 Å². The van der Waals surface area contributed by atoms with Gasteiger partial charge >= 0.3 is 5.71 Å². The minimum atomic E-state index is -0.451. The highest BCUT2D eigenvalue weighted by Gasteiger charge is 2.14. The molecule has 0 aliphatic carbocycles. The highest BCUT2D eigenvalue weighted by molar-refractivity contribution is 6.57. The lowest BCUT2D eigenvalue weighted by Crippen LogP contribution is -2.14. The smallest absolute Gasteiger partial charge is 0.360 e. The summed E-state index contributed by atoms with van der Waals surface area (Å²) in [5, 5.41) is 0. The molecule has 0 saturated carbocycles. The van der Waals surface area contributed by atoms with Crippen LogP contribution in [0.3, 0.4) is 0 Å². The van der Waals surface area contributed by atoms with Crippen LogP contribution in [0.5, 0.6) is 0 Å². The Balaban J connectivity index is 4.32. The molecule has 0 atom stereocenters. The lowest BCUT2D eigenvalue weighted by Gasteiger charge is -1.77. The average Bonchev–Trinajstić information content (AvgIpc) is 1.90. The summed E-state index contributed by atoms with van der Waals surface area (Å²) in [7, 11) is 0. The van der Waals surface area contributed by atoms with Crippen molar-refractivity contribution in [2.24, 2.45) is 0 Å². The van der Waals surface area contributed by atoms with Crippen molar-refractivity contribution in [3.63, 3.8) is 0 Å². The molecular weight excluding hydrogens is 120 g/mol. The van der Waals surface area contributed by atoms with E-state index in [1.807, 2.05) is 0 Å². The molecule has 4 nitrogen and oxygen atoms in total. The van der Waals surface area contributed by atoms with Gasteiger partial charge in [-0.25, -0.2) is 0 Å². The van der Waals surface area contributed by atoms with Gasteiger partial charge in [0, 0.05) is 6.42 Å². The monoisotopic (exact) mass is 126 g/mol. The number of Topliss-reactive ketones (excluding diaryl/α,β-unsaturated/α-hetero) is 1. The van der Waals surface area contributed by atoms with Crippen molar-refractivity contribution in [3.05, 3.63) is 5.53 Å². The van der Waals surface area contributed by atoms with Gasteiger partial charge in [-0.15, -0.1) is 0 Å². The molecule has 4 heteroatoms. The maximum absolute atomic E-state index is 10.5. The van der Waals surface area contributed by atoms with Crippen molar-refractivity contribution in [2.45, 2.75) is 13.3 Å². The second-order valence-electron chi connectivity index (χ2n) is 1.38. The van der Waals surface area contributed by atoms with Crippen LogP contribution < -0.4 is 0 Å². The Kier molecular flexibility index (Phi) is 3.16. The van der Waals surface area contributed by atoms with Gasteiger partial charge in [-0.2, -0.15) is 4.79 Å². The van der Waals surface area contributed by atoms with E-state index in [1.54, 1.807) is 6.92 Å². The fourth-order valence-electron chi connectivity index (χ4n) is 0.326. The zero-order chi connectivity index (χ0) is 7.28. The van der Waals surface area contributed by atoms with Gasteiger partial charge in [-0.3, -0.25) is 9.59 Å². The number of hydrogen-bond donors (Lipinski definition) is 0. The molecule has 0 saturated heterocycles. The third kappa shape index (κ3) is 1.97. The number of aldehydes is 1. The van der Waals surface area contributed by atoms with Crippen molar-refractivity contribution >= 4 is 17.8 Å². The maximum atomic E-state index is 10.5. The molecule has 0 unspecified atom stereocenters. The quantitative estimate of drug-likeness (QED) is 0.173. The molecule has 0 aromatic heterocycles. The van der Waals surface area contributed by atoms with Crippen molar-refractivity contribution in [3.8, 4) is 0 Å². The SMILES string of the molecule is CCC(=O)C(C=O)=[N+]=[N-]. The topological polar surface area (TPSA) is 70.5 Å². The number of carbonyl (C=O) groups is 2. The highest BCUT2D eigenvalue weighted by atomic mass is 16.1. The summed E-state index contributed by atoms with van der Waals surface area (Å²) in [6.07, 6.45) is 0.407. The van der Waals surface area contributed by atoms with Gasteiger partial charge in [-0.05, 0) is 0 Å². The molecule has 9 heavy (non-hydrogen) atoms. The normalized spacial score (nSPS) is 7.67. The summed E-state index contributed by atoms with van der Waals surface area (Å²) in [6.45, 7) is 1.58. The highest BCUT2D eigenvalue weighted by Crippen LogP contribution is 1.78. The lowest BCUT2D eigenvalue weighted by atomic mass is 10.2. The molecule has 0 rings (SSSR count). The molecule has 0 aliphatic heterocycles. The molecular formula is C5H6N2O2. The van der Waals surface area contributed by atoms with E-state index in [0.717, 1.165) is 0 Å². The average molecular weight is 126 g/mol. The van der Waals surface area contributed by atoms with Crippen molar-refractivity contribution in [1.29, 1.82) is 0 Å². The third-order valence-corrected chi connectivity index (χ3v) is 0.826. The van der Waals surface area contributed by atoms with E-state index in [1.165, 1.54) is 0 Å². The van der Waals surface area contributed by atoms with Crippen LogP contribution in [0.1, 0.15) is 13.3 Å². The molecule has 0 amide bonds. The van der Waals surface area contributed by atoms with Crippen molar-refractivity contribution in [2.75, 3.05) is 0 Å². The number of carbonyl (C=O) groups excluding carboxylic acids is 2. The van der Waals surface area contributed by atoms with Gasteiger partial charge in [0.15, 0.2) is 0 Å². The zero-order valence-electron chi connectivity index (χ0n) is 5.00. The van der Waals surface area contributed by atoms with E-state index in [2.05, 4.69) is 4.79 Å². The van der Waals surface area contributed by atoms with E-state index in [9.17, 15) is 9.59 Å². The first-order valence-electron chi connectivity index (χ1n) is 2.46. The molecule has 0 aromatic rings. The van der Waals surface area contributed by atoms with Gasteiger partial charge in [-0.1, -0.05) is 6.92 Å². The van der Waals surface area contributed by atoms with Crippen molar-refractivity contribution < 1.29 is 14.4 Å². The van der Waals surface area contributed by atoms with Crippen LogP contribution in [0.25, 0.3) is 5.53 Å². The predicted molar refractivity (Wildman–Crippen MR) is 30.0 cm³/mol. The van der Waals surface area contributed by atoms with E-state index in [-0.39, 0.29) is 12.7 Å². The van der Waals surface area contributed by atoms with Gasteiger partial charge in [0.1, 0.15) is 0 Å². The maximum Gasteiger partial charge on any atom is 0.396 e. The molecule has 0 aromatic carbocycles. The Labute approximate surface area is 52.1 Å². The van der Waals surface area contributed by atoms with Crippen LogP contribution in [-0.4, -0.2) is 22.6 Å². The Morgan fingerprint density at radius 3 is 2.44 bits per heavy atom. The molecule has 0 spiro atoms. The first-order chi connectivity index (χ1) is 4.26. The number of ketones is 1. The first kappa shape index (κ1) is 7.72. The minimum Gasteiger partial charge on any atom is -0.360 e. The summed E-state index contributed by atoms with van der Waals surface area (Å²) in [6, 6.07) is 0. The summed E-state index contributed by atoms with van der Waals surface area (Å²) in [5.74, 6) is -0.451. The van der Waals surface area contributed by atoms with E-state index < -0.39 is 11.5 Å². The van der Waals surface area contributed by atoms with Crippen molar-refractivity contribution in [1.82, 2.24) is 0 Å². The van der Waals surface area contributed by atoms with Gasteiger partial charge in [0.05, 0.1) is 0 Å². The Bertz CT molecular complexity index is 179. The van der Waals surface area contributed by atoms with Gasteiger partial charge in [0.25, 0.3) is 0 Å². The first-order valence-corrected chi connectivity index (χ1v) is 2.46. The summed E-state index contributed by atoms with van der Waals surface area (Å²) in [5.41, 5.74) is 7.54. The molecule has 0 radical (unpaired) electrons. The van der Waals surface area contributed by atoms with E-state index in [0.29, 0.717) is 0 Å². The van der Waals surface area contributed by atoms with E-state index >= 15 is 0 Å². The second kappa shape index (κ2) is 3.69. The van der Waals surface area contributed by atoms with Crippen LogP contribution in [0.2, 0.25) is 0 Å². The zero-order valence-corrected chi connectivity index (χ0v) is 5.00. The Morgan fingerprint density at radius 1 is 1.78 bits per heavy atom. The molecule has 0 aliphatic rings. The molecule has 0 bridgehead atoms. The lowest BCUT2D eigenvalue weighted by molar-refractivity contribution is -0.119. The van der Waals surface area contributed by atoms with E-state index in [4.69, 9.17) is 5.53 Å². The number of rotatable bonds is 3. The molecule has 48 valence electrons. The van der Waals surface area contributed by atoms with Crippen LogP contribution in [0, 0.1) is 0 Å². The Morgan fingerprint density at radius 2 is 2.33 bits per heavy atom. The predicted octanol–water partition coefficient (Wildman–Crippen LogP) is -0.165. The van der Waals surface area contributed by atoms with Crippen LogP contribution >= 0.6 is 0 Å². The van der Waals surface area contributed by atoms with Gasteiger partial charge in [0.2, 0.25) is 12.1 Å².